The third-order valence-corrected chi connectivity index (χ3v) is 8.54. The van der Waals surface area contributed by atoms with Gasteiger partial charge in [0, 0.05) is 23.9 Å². The van der Waals surface area contributed by atoms with Gasteiger partial charge < -0.3 is 10.2 Å². The van der Waals surface area contributed by atoms with Crippen LogP contribution >= 0.6 is 23.4 Å². The van der Waals surface area contributed by atoms with Crippen molar-refractivity contribution >= 4 is 35.2 Å². The number of hydrogen-bond acceptors (Lipinski definition) is 5. The first kappa shape index (κ1) is 21.7. The number of hydrogen-bond donors (Lipinski definition) is 3. The minimum atomic E-state index is -0.809. The number of hydrazine groups is 1. The third-order valence-electron chi connectivity index (χ3n) is 6.77. The number of nitrogens with one attached hydrogen (secondary N) is 3. The first-order chi connectivity index (χ1) is 14.0. The molecule has 2 aliphatic heterocycles. The van der Waals surface area contributed by atoms with Crippen LogP contribution in [-0.4, -0.2) is 57.6 Å². The zero-order valence-corrected chi connectivity index (χ0v) is 18.3. The number of thioether (sulfide) groups is 1. The van der Waals surface area contributed by atoms with Crippen LogP contribution in [0.3, 0.4) is 0 Å². The number of amides is 2. The van der Waals surface area contributed by atoms with Gasteiger partial charge in [-0.05, 0) is 64.2 Å². The summed E-state index contributed by atoms with van der Waals surface area (Å²) in [5.74, 6) is 0.243. The van der Waals surface area contributed by atoms with E-state index in [9.17, 15) is 14.0 Å². The molecule has 5 unspecified atom stereocenters. The number of halogens is 2. The van der Waals surface area contributed by atoms with Crippen molar-refractivity contribution < 1.29 is 14.0 Å². The second-order valence-electron chi connectivity index (χ2n) is 8.88. The molecule has 6 nitrogen and oxygen atoms in total. The Bertz CT molecular complexity index is 607. The summed E-state index contributed by atoms with van der Waals surface area (Å²) in [6.45, 7) is 0.792. The second kappa shape index (κ2) is 9.71. The molecule has 3 N–H and O–H groups in total. The maximum Gasteiger partial charge on any atom is 0.249 e. The lowest BCUT2D eigenvalue weighted by molar-refractivity contribution is -0.137. The van der Waals surface area contributed by atoms with E-state index in [0.717, 1.165) is 57.9 Å². The molecule has 4 rings (SSSR count). The van der Waals surface area contributed by atoms with Crippen molar-refractivity contribution in [3.8, 4) is 0 Å². The van der Waals surface area contributed by atoms with Crippen LogP contribution in [0.2, 0.25) is 0 Å². The van der Waals surface area contributed by atoms with Crippen LogP contribution in [0.15, 0.2) is 0 Å². The first-order valence-electron chi connectivity index (χ1n) is 11.1. The van der Waals surface area contributed by atoms with Gasteiger partial charge in [-0.25, -0.2) is 15.2 Å². The Labute approximate surface area is 181 Å². The van der Waals surface area contributed by atoms with Crippen LogP contribution in [0.1, 0.15) is 64.2 Å². The average Bonchev–Trinajstić information content (AvgIpc) is 3.37. The highest BCUT2D eigenvalue weighted by atomic mass is 35.5. The lowest BCUT2D eigenvalue weighted by atomic mass is 9.87. The van der Waals surface area contributed by atoms with Crippen molar-refractivity contribution in [2.75, 3.05) is 6.54 Å². The fraction of sp³-hybridized carbons (Fsp3) is 0.900. The SMILES string of the molecule is O=C(NC1CCCC(F)C1)C1NNC(C2CCCN2C(=O)C2CCC(Cl)CC2)S1. The van der Waals surface area contributed by atoms with Gasteiger partial charge in [-0.3, -0.25) is 9.59 Å². The fourth-order valence-electron chi connectivity index (χ4n) is 5.14. The Morgan fingerprint density at radius 1 is 1.03 bits per heavy atom. The minimum Gasteiger partial charge on any atom is -0.351 e. The van der Waals surface area contributed by atoms with Crippen molar-refractivity contribution in [1.29, 1.82) is 0 Å². The summed E-state index contributed by atoms with van der Waals surface area (Å²) in [4.78, 5) is 27.7. The number of likely N-dealkylation sites (tertiary alicyclic amines) is 1. The number of nitrogens with zero attached hydrogens (tertiary/aromatic N) is 1. The van der Waals surface area contributed by atoms with E-state index in [4.69, 9.17) is 11.6 Å². The van der Waals surface area contributed by atoms with Gasteiger partial charge in [0.15, 0.2) is 0 Å². The molecule has 2 saturated carbocycles. The van der Waals surface area contributed by atoms with Crippen LogP contribution < -0.4 is 16.2 Å². The van der Waals surface area contributed by atoms with Gasteiger partial charge in [0.05, 0.1) is 11.4 Å². The number of carbonyl (C=O) groups excluding carboxylic acids is 2. The van der Waals surface area contributed by atoms with E-state index < -0.39 is 11.5 Å². The highest BCUT2D eigenvalue weighted by molar-refractivity contribution is 8.01. The second-order valence-corrected chi connectivity index (χ2v) is 10.8. The first-order valence-corrected chi connectivity index (χ1v) is 12.4. The lowest BCUT2D eigenvalue weighted by Crippen LogP contribution is -2.50. The van der Waals surface area contributed by atoms with E-state index in [-0.39, 0.29) is 40.6 Å². The molecule has 2 heterocycles. The molecule has 2 amide bonds. The van der Waals surface area contributed by atoms with Crippen LogP contribution in [-0.2, 0) is 9.59 Å². The zero-order valence-electron chi connectivity index (χ0n) is 16.7. The maximum absolute atomic E-state index is 13.6. The molecule has 0 spiro atoms. The quantitative estimate of drug-likeness (QED) is 0.579. The van der Waals surface area contributed by atoms with E-state index >= 15 is 0 Å². The number of alkyl halides is 2. The molecule has 2 saturated heterocycles. The molecule has 0 radical (unpaired) electrons. The lowest BCUT2D eigenvalue weighted by Gasteiger charge is -2.33. The van der Waals surface area contributed by atoms with Gasteiger partial charge in [-0.2, -0.15) is 0 Å². The van der Waals surface area contributed by atoms with E-state index in [1.807, 2.05) is 4.90 Å². The zero-order chi connectivity index (χ0) is 20.4. The van der Waals surface area contributed by atoms with E-state index in [1.165, 1.54) is 11.8 Å². The largest absolute Gasteiger partial charge is 0.351 e. The van der Waals surface area contributed by atoms with Gasteiger partial charge in [0.25, 0.3) is 0 Å². The average molecular weight is 447 g/mol. The molecule has 4 aliphatic rings. The normalized spacial score (nSPS) is 40.8. The molecule has 164 valence electrons. The molecule has 5 atom stereocenters. The minimum absolute atomic E-state index is 0.0122. The molecule has 0 aromatic heterocycles. The van der Waals surface area contributed by atoms with Crippen molar-refractivity contribution in [2.45, 2.75) is 98.6 Å². The van der Waals surface area contributed by atoms with Crippen LogP contribution in [0.25, 0.3) is 0 Å². The molecule has 0 bridgehead atoms. The van der Waals surface area contributed by atoms with Crippen LogP contribution in [0, 0.1) is 5.92 Å². The summed E-state index contributed by atoms with van der Waals surface area (Å²) in [6, 6.07) is 0.0192. The van der Waals surface area contributed by atoms with Crippen molar-refractivity contribution in [3.05, 3.63) is 0 Å². The smallest absolute Gasteiger partial charge is 0.249 e. The predicted octanol–water partition coefficient (Wildman–Crippen LogP) is 2.67. The molecule has 0 aromatic carbocycles. The Hall–Kier alpha value is -0.570. The predicted molar refractivity (Wildman–Crippen MR) is 113 cm³/mol. The van der Waals surface area contributed by atoms with E-state index in [1.54, 1.807) is 0 Å². The van der Waals surface area contributed by atoms with E-state index in [0.29, 0.717) is 12.8 Å². The van der Waals surface area contributed by atoms with Crippen molar-refractivity contribution in [1.82, 2.24) is 21.1 Å². The topological polar surface area (TPSA) is 73.5 Å². The number of carbonyl (C=O) groups is 2. The monoisotopic (exact) mass is 446 g/mol. The Morgan fingerprint density at radius 3 is 2.59 bits per heavy atom. The standard InChI is InChI=1S/C20H32ClFN4O2S/c21-13-8-6-12(7-9-13)20(28)26-10-2-5-16(26)18-24-25-19(29-18)17(27)23-15-4-1-3-14(22)11-15/h12-16,18-19,24-25H,1-11H2,(H,23,27). The van der Waals surface area contributed by atoms with Crippen molar-refractivity contribution in [3.63, 3.8) is 0 Å². The van der Waals surface area contributed by atoms with Gasteiger partial charge in [-0.15, -0.1) is 23.4 Å². The molecule has 2 aliphatic carbocycles. The Morgan fingerprint density at radius 2 is 1.83 bits per heavy atom. The molecule has 29 heavy (non-hydrogen) atoms. The van der Waals surface area contributed by atoms with Crippen LogP contribution in [0.4, 0.5) is 4.39 Å². The summed E-state index contributed by atoms with van der Waals surface area (Å²) in [5, 5.41) is 2.78. The molecule has 0 aromatic rings. The Balaban J connectivity index is 1.29. The van der Waals surface area contributed by atoms with Crippen LogP contribution in [0.5, 0.6) is 0 Å². The van der Waals surface area contributed by atoms with Gasteiger partial charge in [-0.1, -0.05) is 0 Å². The Kier molecular flexibility index (Phi) is 7.25. The van der Waals surface area contributed by atoms with Gasteiger partial charge in [0.2, 0.25) is 11.8 Å². The van der Waals surface area contributed by atoms with E-state index in [2.05, 4.69) is 16.2 Å². The highest BCUT2D eigenvalue weighted by Gasteiger charge is 2.43. The molecule has 9 heteroatoms. The summed E-state index contributed by atoms with van der Waals surface area (Å²) in [5.41, 5.74) is 6.31. The van der Waals surface area contributed by atoms with Gasteiger partial charge >= 0.3 is 0 Å². The molecule has 4 fully saturated rings. The van der Waals surface area contributed by atoms with Crippen molar-refractivity contribution in [2.24, 2.45) is 5.92 Å². The maximum atomic E-state index is 13.6. The highest BCUT2D eigenvalue weighted by Crippen LogP contribution is 2.35. The summed E-state index contributed by atoms with van der Waals surface area (Å²) < 4.78 is 13.6. The summed E-state index contributed by atoms with van der Waals surface area (Å²) >= 11 is 7.73. The fourth-order valence-corrected chi connectivity index (χ4v) is 6.61. The number of rotatable bonds is 4. The molecular weight excluding hydrogens is 415 g/mol. The summed E-state index contributed by atoms with van der Waals surface area (Å²) in [6.07, 6.45) is 7.40. The van der Waals surface area contributed by atoms with Gasteiger partial charge in [0.1, 0.15) is 11.5 Å². The third kappa shape index (κ3) is 5.20. The molecular formula is C20H32ClFN4O2S. The summed E-state index contributed by atoms with van der Waals surface area (Å²) in [7, 11) is 0.